The Kier molecular flexibility index (Phi) is 11.8. The maximum absolute atomic E-state index is 15.3. The molecule has 2 N–H and O–H groups in total. The molecule has 4 aromatic carbocycles. The Labute approximate surface area is 339 Å². The average Bonchev–Trinajstić information content (AvgIpc) is 3.82. The number of carbonyl (C=O) groups excluding carboxylic acids is 3. The smallest absolute Gasteiger partial charge is 0.305 e. The van der Waals surface area contributed by atoms with Crippen molar-refractivity contribution in [1.29, 1.82) is 0 Å². The number of H-pyrrole nitrogens is 1. The minimum Gasteiger partial charge on any atom is -0.497 e. The van der Waals surface area contributed by atoms with Crippen LogP contribution in [-0.2, 0) is 36.0 Å². The van der Waals surface area contributed by atoms with Crippen LogP contribution in [0.25, 0.3) is 16.6 Å². The molecule has 7 rings (SSSR count). The summed E-state index contributed by atoms with van der Waals surface area (Å²) in [5.41, 5.74) is 1.55. The second-order valence-corrected chi connectivity index (χ2v) is 20.6. The number of amides is 2. The zero-order chi connectivity index (χ0) is 41.2. The van der Waals surface area contributed by atoms with Crippen LogP contribution in [0.2, 0.25) is 18.6 Å². The molecular formula is C45H52N4O8Si. The lowest BCUT2D eigenvalue weighted by atomic mass is 9.82. The van der Waals surface area contributed by atoms with E-state index in [9.17, 15) is 19.5 Å². The molecule has 1 saturated heterocycles. The zero-order valence-corrected chi connectivity index (χ0v) is 34.8. The number of ether oxygens (including phenoxy) is 3. The van der Waals surface area contributed by atoms with Gasteiger partial charge in [0.2, 0.25) is 5.91 Å². The molecule has 2 aliphatic heterocycles. The fraction of sp³-hybridized carbons (Fsp3) is 0.378. The van der Waals surface area contributed by atoms with Gasteiger partial charge < -0.3 is 29.1 Å². The van der Waals surface area contributed by atoms with Gasteiger partial charge in [0.15, 0.2) is 5.60 Å². The molecule has 12 nitrogen and oxygen atoms in total. The summed E-state index contributed by atoms with van der Waals surface area (Å²) in [5.74, 6) is -0.397. The predicted molar refractivity (Wildman–Crippen MR) is 225 cm³/mol. The summed E-state index contributed by atoms with van der Waals surface area (Å²) >= 11 is 0. The van der Waals surface area contributed by atoms with Gasteiger partial charge in [-0.2, -0.15) is 0 Å². The number of aliphatic hydroxyl groups excluding tert-OH is 1. The molecule has 1 aromatic heterocycles. The standard InChI is InChI=1S/C45H52N4O8Si/c1-30-42(58(4,5)34-21-19-33(55-2)20-22-34)39(28-40(51)47(25-26-50)29-31-13-7-6-8-14-31)57-45(30)36-27-32(49-43(53)35-15-9-10-16-37(35)46-49)18-23-38(36)48(44(45)54)24-12-11-17-41(52)56-3/h6-10,13-16,18-23,27,30,39,42,46,50H,11-12,17,24-26,28-29H2,1-5H3/t30-,39+,42-,45+/m0/s1. The summed E-state index contributed by atoms with van der Waals surface area (Å²) in [5, 5.41) is 15.0. The van der Waals surface area contributed by atoms with E-state index in [1.54, 1.807) is 23.0 Å². The number of benzene rings is 4. The number of unbranched alkanes of at least 4 members (excludes halogenated alkanes) is 1. The van der Waals surface area contributed by atoms with Crippen molar-refractivity contribution in [3.8, 4) is 11.4 Å². The molecule has 4 atom stereocenters. The van der Waals surface area contributed by atoms with Crippen LogP contribution in [0.5, 0.6) is 5.75 Å². The number of hydrogen-bond acceptors (Lipinski definition) is 8. The van der Waals surface area contributed by atoms with Gasteiger partial charge in [0.1, 0.15) is 5.75 Å². The third-order valence-electron chi connectivity index (χ3n) is 12.2. The largest absolute Gasteiger partial charge is 0.497 e. The number of para-hydroxylation sites is 1. The second-order valence-electron chi connectivity index (χ2n) is 15.9. The molecule has 0 bridgehead atoms. The van der Waals surface area contributed by atoms with Gasteiger partial charge in [-0.1, -0.05) is 79.8 Å². The van der Waals surface area contributed by atoms with Crippen LogP contribution in [0.1, 0.15) is 43.7 Å². The number of anilines is 1. The number of hydrogen-bond donors (Lipinski definition) is 2. The van der Waals surface area contributed by atoms with Crippen LogP contribution in [0, 0.1) is 5.92 Å². The summed E-state index contributed by atoms with van der Waals surface area (Å²) in [6.45, 7) is 7.19. The highest BCUT2D eigenvalue weighted by molar-refractivity contribution is 6.91. The summed E-state index contributed by atoms with van der Waals surface area (Å²) in [6, 6.07) is 30.6. The number of nitrogens with zero attached hydrogens (tertiary/aromatic N) is 3. The minimum atomic E-state index is -2.61. The minimum absolute atomic E-state index is 0.000909. The number of carbonyl (C=O) groups is 3. The highest BCUT2D eigenvalue weighted by Crippen LogP contribution is 2.60. The van der Waals surface area contributed by atoms with Crippen molar-refractivity contribution in [3.05, 3.63) is 119 Å². The number of aliphatic hydroxyl groups is 1. The third-order valence-corrected chi connectivity index (χ3v) is 16.6. The van der Waals surface area contributed by atoms with Crippen LogP contribution < -0.4 is 20.4 Å². The van der Waals surface area contributed by atoms with Gasteiger partial charge >= 0.3 is 5.97 Å². The van der Waals surface area contributed by atoms with Crippen LogP contribution in [0.4, 0.5) is 5.69 Å². The maximum Gasteiger partial charge on any atom is 0.305 e. The first-order valence-electron chi connectivity index (χ1n) is 19.9. The van der Waals surface area contributed by atoms with Crippen LogP contribution in [0.3, 0.4) is 0 Å². The zero-order valence-electron chi connectivity index (χ0n) is 33.8. The molecule has 5 aromatic rings. The van der Waals surface area contributed by atoms with Gasteiger partial charge in [-0.15, -0.1) is 0 Å². The van der Waals surface area contributed by atoms with E-state index in [1.807, 2.05) is 78.9 Å². The SMILES string of the molecule is COC(=O)CCCCN1C(=O)[C@]2(O[C@H](CC(=O)N(CCO)Cc3ccccc3)[C@@H]([Si](C)(C)c3ccc(OC)cc3)[C@@H]2C)c2cc(-n3[nH]c4ccccc4c3=O)ccc21. The van der Waals surface area contributed by atoms with E-state index in [2.05, 4.69) is 37.2 Å². The van der Waals surface area contributed by atoms with Crippen molar-refractivity contribution in [2.45, 2.75) is 69.5 Å². The van der Waals surface area contributed by atoms with Crippen LogP contribution in [-0.4, -0.2) is 85.7 Å². The molecule has 2 aliphatic rings. The number of fused-ring (bicyclic) bond motifs is 3. The van der Waals surface area contributed by atoms with Gasteiger partial charge in [0.05, 0.1) is 63.7 Å². The van der Waals surface area contributed by atoms with E-state index in [-0.39, 0.29) is 54.9 Å². The molecule has 304 valence electrons. The molecule has 0 radical (unpaired) electrons. The number of aromatic nitrogens is 2. The Morgan fingerprint density at radius 2 is 1.67 bits per heavy atom. The molecular weight excluding hydrogens is 753 g/mol. The van der Waals surface area contributed by atoms with Crippen LogP contribution >= 0.6 is 0 Å². The third kappa shape index (κ3) is 7.38. The molecule has 2 amide bonds. The highest BCUT2D eigenvalue weighted by Gasteiger charge is 2.66. The van der Waals surface area contributed by atoms with E-state index < -0.39 is 25.7 Å². The maximum atomic E-state index is 15.3. The number of esters is 1. The Morgan fingerprint density at radius 3 is 2.36 bits per heavy atom. The number of aromatic amines is 1. The van der Waals surface area contributed by atoms with Crippen molar-refractivity contribution < 1.29 is 33.7 Å². The van der Waals surface area contributed by atoms with Crippen LogP contribution in [0.15, 0.2) is 102 Å². The lowest BCUT2D eigenvalue weighted by Crippen LogP contribution is -2.52. The van der Waals surface area contributed by atoms with Crippen molar-refractivity contribution in [1.82, 2.24) is 14.7 Å². The first-order valence-corrected chi connectivity index (χ1v) is 23.0. The van der Waals surface area contributed by atoms with E-state index in [1.165, 1.54) is 11.8 Å². The fourth-order valence-corrected chi connectivity index (χ4v) is 13.3. The monoisotopic (exact) mass is 804 g/mol. The van der Waals surface area contributed by atoms with Gasteiger partial charge in [-0.25, -0.2) is 4.68 Å². The summed E-state index contributed by atoms with van der Waals surface area (Å²) in [6.07, 6.45) is 0.628. The molecule has 58 heavy (non-hydrogen) atoms. The first kappa shape index (κ1) is 40.7. The second kappa shape index (κ2) is 16.8. The fourth-order valence-electron chi connectivity index (χ4n) is 9.26. The lowest BCUT2D eigenvalue weighted by molar-refractivity contribution is -0.149. The highest BCUT2D eigenvalue weighted by atomic mass is 28.3. The van der Waals surface area contributed by atoms with Crippen molar-refractivity contribution in [2.24, 2.45) is 5.92 Å². The van der Waals surface area contributed by atoms with Crippen molar-refractivity contribution in [2.75, 3.05) is 38.8 Å². The quantitative estimate of drug-likeness (QED) is 0.0787. The predicted octanol–water partition coefficient (Wildman–Crippen LogP) is 5.64. The number of methoxy groups -OCH3 is 2. The van der Waals surface area contributed by atoms with Crippen molar-refractivity contribution in [3.63, 3.8) is 0 Å². The number of nitrogens with one attached hydrogen (secondary N) is 1. The lowest BCUT2D eigenvalue weighted by Gasteiger charge is -2.37. The summed E-state index contributed by atoms with van der Waals surface area (Å²) in [4.78, 5) is 58.9. The Bertz CT molecular complexity index is 2340. The van der Waals surface area contributed by atoms with E-state index in [4.69, 9.17) is 14.2 Å². The van der Waals surface area contributed by atoms with Gasteiger partial charge in [0, 0.05) is 37.5 Å². The van der Waals surface area contributed by atoms with E-state index in [0.29, 0.717) is 53.8 Å². The Balaban J connectivity index is 1.34. The number of rotatable bonds is 15. The van der Waals surface area contributed by atoms with Crippen molar-refractivity contribution >= 4 is 47.6 Å². The molecule has 13 heteroatoms. The molecule has 0 aliphatic carbocycles. The molecule has 0 unspecified atom stereocenters. The van der Waals surface area contributed by atoms with E-state index in [0.717, 1.165) is 16.5 Å². The summed E-state index contributed by atoms with van der Waals surface area (Å²) in [7, 11) is 0.382. The van der Waals surface area contributed by atoms with E-state index >= 15 is 4.79 Å². The topological polar surface area (TPSA) is 143 Å². The Morgan fingerprint density at radius 1 is 0.948 bits per heavy atom. The Hall–Kier alpha value is -5.50. The molecule has 0 saturated carbocycles. The van der Waals surface area contributed by atoms with Gasteiger partial charge in [0.25, 0.3) is 11.5 Å². The molecule has 1 spiro atoms. The molecule has 1 fully saturated rings. The van der Waals surface area contributed by atoms with Gasteiger partial charge in [-0.05, 0) is 66.4 Å². The summed E-state index contributed by atoms with van der Waals surface area (Å²) < 4.78 is 19.1. The molecule has 3 heterocycles. The first-order chi connectivity index (χ1) is 27.9. The average molecular weight is 805 g/mol. The normalized spacial score (nSPS) is 20.1. The van der Waals surface area contributed by atoms with Gasteiger partial charge in [-0.3, -0.25) is 24.3 Å².